The van der Waals surface area contributed by atoms with Crippen LogP contribution in [-0.4, -0.2) is 58.9 Å². The summed E-state index contributed by atoms with van der Waals surface area (Å²) in [6.45, 7) is 2.20. The quantitative estimate of drug-likeness (QED) is 0.163. The highest BCUT2D eigenvalue weighted by Crippen LogP contribution is 2.24. The van der Waals surface area contributed by atoms with Crippen LogP contribution >= 0.6 is 0 Å². The number of nitrogens with zero attached hydrogens (tertiary/aromatic N) is 4. The van der Waals surface area contributed by atoms with Gasteiger partial charge in [0, 0.05) is 56.6 Å². The summed E-state index contributed by atoms with van der Waals surface area (Å²) in [7, 11) is 3.89. The summed E-state index contributed by atoms with van der Waals surface area (Å²) < 4.78 is 2.13. The van der Waals surface area contributed by atoms with Crippen molar-refractivity contribution in [1.82, 2.24) is 14.5 Å². The molecule has 4 N–H and O–H groups in total. The number of aromatic nitrogens is 2. The van der Waals surface area contributed by atoms with Gasteiger partial charge in [-0.25, -0.2) is 4.98 Å². The van der Waals surface area contributed by atoms with Crippen LogP contribution in [0.25, 0.3) is 21.8 Å². The molecule has 8 heteroatoms. The van der Waals surface area contributed by atoms with Crippen molar-refractivity contribution >= 4 is 44.9 Å². The molecule has 5 aromatic rings. The number of aryl methyl sites for hydroxylation is 3. The number of amidine groups is 1. The molecule has 8 nitrogen and oxygen atoms in total. The third-order valence-corrected chi connectivity index (χ3v) is 8.69. The average Bonchev–Trinajstić information content (AvgIpc) is 3.35. The number of hydrogen-bond acceptors (Lipinski definition) is 5. The second-order valence-corrected chi connectivity index (χ2v) is 11.6. The summed E-state index contributed by atoms with van der Waals surface area (Å²) >= 11 is 0. The second kappa shape index (κ2) is 12.3. The highest BCUT2D eigenvalue weighted by atomic mass is 16.2. The Hall–Kier alpha value is -4.69. The minimum atomic E-state index is 0.0795. The van der Waals surface area contributed by atoms with Gasteiger partial charge in [-0.3, -0.25) is 15.1 Å². The molecule has 0 aliphatic carbocycles. The smallest absolute Gasteiger partial charge is 0.240 e. The fraction of sp³-hybridized carbons (Fsp3) is 0.286. The highest BCUT2D eigenvalue weighted by molar-refractivity contribution is 5.96. The number of imidazole rings is 1. The van der Waals surface area contributed by atoms with Gasteiger partial charge in [-0.05, 0) is 65.9 Å². The molecule has 0 atom stereocenters. The first-order valence-corrected chi connectivity index (χ1v) is 15.0. The lowest BCUT2D eigenvalue weighted by Gasteiger charge is -2.33. The first-order chi connectivity index (χ1) is 20.8. The predicted molar refractivity (Wildman–Crippen MR) is 176 cm³/mol. The molecule has 1 fully saturated rings. The van der Waals surface area contributed by atoms with Gasteiger partial charge in [0.05, 0.1) is 17.6 Å². The molecule has 0 saturated carbocycles. The zero-order chi connectivity index (χ0) is 29.9. The van der Waals surface area contributed by atoms with Gasteiger partial charge in [-0.1, -0.05) is 54.6 Å². The van der Waals surface area contributed by atoms with Crippen LogP contribution in [0.4, 0.5) is 11.4 Å². The molecule has 220 valence electrons. The van der Waals surface area contributed by atoms with Gasteiger partial charge in [0.2, 0.25) is 5.91 Å². The van der Waals surface area contributed by atoms with E-state index in [1.165, 1.54) is 16.3 Å². The number of nitrogens with one attached hydrogen (secondary N) is 2. The number of carbonyl (C=O) groups excluding carboxylic acids is 1. The fourth-order valence-corrected chi connectivity index (χ4v) is 5.97. The number of likely N-dealkylation sites (N-methyl/N-ethyl adjacent to an activating group) is 1. The Kier molecular flexibility index (Phi) is 8.11. The number of piperidine rings is 1. The number of anilines is 2. The van der Waals surface area contributed by atoms with Crippen LogP contribution < -0.4 is 16.0 Å². The number of hydrogen-bond donors (Lipinski definition) is 3. The lowest BCUT2D eigenvalue weighted by molar-refractivity contribution is -0.119. The molecule has 0 bridgehead atoms. The van der Waals surface area contributed by atoms with E-state index in [-0.39, 0.29) is 11.7 Å². The molecule has 0 unspecified atom stereocenters. The number of amides is 1. The van der Waals surface area contributed by atoms with E-state index >= 15 is 0 Å². The summed E-state index contributed by atoms with van der Waals surface area (Å²) in [6.07, 6.45) is 3.65. The molecule has 1 saturated heterocycles. The average molecular weight is 574 g/mol. The van der Waals surface area contributed by atoms with Crippen molar-refractivity contribution in [3.05, 3.63) is 102 Å². The maximum Gasteiger partial charge on any atom is 0.240 e. The number of benzene rings is 4. The van der Waals surface area contributed by atoms with E-state index in [1.54, 1.807) is 4.90 Å². The molecule has 1 aromatic heterocycles. The largest absolute Gasteiger partial charge is 0.384 e. The molecule has 6 rings (SSSR count). The minimum absolute atomic E-state index is 0.0795. The number of likely N-dealkylation sites (tertiary alicyclic amines) is 1. The Morgan fingerprint density at radius 3 is 2.47 bits per heavy atom. The lowest BCUT2D eigenvalue weighted by Crippen LogP contribution is -2.44. The van der Waals surface area contributed by atoms with Crippen LogP contribution in [0.15, 0.2) is 84.9 Å². The first kappa shape index (κ1) is 28.4. The molecular weight excluding hydrogens is 534 g/mol. The molecule has 2 heterocycles. The monoisotopic (exact) mass is 573 g/mol. The summed E-state index contributed by atoms with van der Waals surface area (Å²) in [4.78, 5) is 22.2. The van der Waals surface area contributed by atoms with Gasteiger partial charge in [0.15, 0.2) is 0 Å². The third kappa shape index (κ3) is 6.39. The molecule has 0 radical (unpaired) electrons. The van der Waals surface area contributed by atoms with Crippen LogP contribution in [0.2, 0.25) is 0 Å². The van der Waals surface area contributed by atoms with Crippen LogP contribution in [0.5, 0.6) is 0 Å². The Morgan fingerprint density at radius 2 is 1.72 bits per heavy atom. The highest BCUT2D eigenvalue weighted by Gasteiger charge is 2.23. The van der Waals surface area contributed by atoms with E-state index in [2.05, 4.69) is 63.3 Å². The third-order valence-electron chi connectivity index (χ3n) is 8.69. The maximum atomic E-state index is 13.3. The van der Waals surface area contributed by atoms with Gasteiger partial charge < -0.3 is 20.5 Å². The molecular formula is C35H39N7O. The zero-order valence-corrected chi connectivity index (χ0v) is 24.9. The molecule has 4 aromatic carbocycles. The normalized spacial score (nSPS) is 14.3. The summed E-state index contributed by atoms with van der Waals surface area (Å²) in [5.74, 6) is 1.17. The molecule has 0 spiro atoms. The Balaban J connectivity index is 1.03. The summed E-state index contributed by atoms with van der Waals surface area (Å²) in [6, 6.07) is 29.3. The van der Waals surface area contributed by atoms with E-state index in [0.717, 1.165) is 72.6 Å². The van der Waals surface area contributed by atoms with Crippen molar-refractivity contribution in [2.75, 3.05) is 36.9 Å². The first-order valence-electron chi connectivity index (χ1n) is 15.0. The fourth-order valence-electron chi connectivity index (χ4n) is 5.97. The van der Waals surface area contributed by atoms with Crippen LogP contribution in [-0.2, 0) is 24.7 Å². The summed E-state index contributed by atoms with van der Waals surface area (Å²) in [5, 5.41) is 13.8. The van der Waals surface area contributed by atoms with Gasteiger partial charge >= 0.3 is 0 Å². The molecule has 43 heavy (non-hydrogen) atoms. The SMILES string of the molecule is CN(C(=O)CN1CCC(Nc2ccc3ccccc3c2)CC1)c1ccc2c(c1)nc(CCc1ccc(C(=N)N)cc1)n2C. The Labute approximate surface area is 252 Å². The van der Waals surface area contributed by atoms with Gasteiger partial charge in [0.25, 0.3) is 0 Å². The van der Waals surface area contributed by atoms with E-state index in [4.69, 9.17) is 16.1 Å². The number of rotatable bonds is 9. The number of nitrogens with two attached hydrogens (primary N) is 1. The van der Waals surface area contributed by atoms with Crippen LogP contribution in [0.3, 0.4) is 0 Å². The van der Waals surface area contributed by atoms with E-state index < -0.39 is 0 Å². The zero-order valence-electron chi connectivity index (χ0n) is 24.9. The van der Waals surface area contributed by atoms with Crippen molar-refractivity contribution in [3.63, 3.8) is 0 Å². The molecule has 1 aliphatic rings. The van der Waals surface area contributed by atoms with Crippen LogP contribution in [0, 0.1) is 5.41 Å². The molecule has 1 amide bonds. The van der Waals surface area contributed by atoms with Gasteiger partial charge in [-0.2, -0.15) is 0 Å². The summed E-state index contributed by atoms with van der Waals surface area (Å²) in [5.41, 5.74) is 11.4. The van der Waals surface area contributed by atoms with Crippen molar-refractivity contribution in [2.45, 2.75) is 31.7 Å². The minimum Gasteiger partial charge on any atom is -0.384 e. The topological polar surface area (TPSA) is 103 Å². The second-order valence-electron chi connectivity index (χ2n) is 11.6. The van der Waals surface area contributed by atoms with Crippen molar-refractivity contribution in [2.24, 2.45) is 12.8 Å². The molecule has 1 aliphatic heterocycles. The van der Waals surface area contributed by atoms with Crippen molar-refractivity contribution < 1.29 is 4.79 Å². The van der Waals surface area contributed by atoms with Crippen LogP contribution in [0.1, 0.15) is 29.8 Å². The van der Waals surface area contributed by atoms with Gasteiger partial charge in [-0.15, -0.1) is 0 Å². The maximum absolute atomic E-state index is 13.3. The number of nitrogen functional groups attached to an aromatic ring is 1. The lowest BCUT2D eigenvalue weighted by atomic mass is 10.0. The van der Waals surface area contributed by atoms with Crippen molar-refractivity contribution in [3.8, 4) is 0 Å². The Morgan fingerprint density at radius 1 is 0.977 bits per heavy atom. The predicted octanol–water partition coefficient (Wildman–Crippen LogP) is 5.34. The van der Waals surface area contributed by atoms with Gasteiger partial charge in [0.1, 0.15) is 11.7 Å². The van der Waals surface area contributed by atoms with Crippen molar-refractivity contribution in [1.29, 1.82) is 5.41 Å². The van der Waals surface area contributed by atoms with E-state index in [1.807, 2.05) is 50.5 Å². The van der Waals surface area contributed by atoms with E-state index in [9.17, 15) is 4.79 Å². The number of carbonyl (C=O) groups is 1. The standard InChI is InChI=1S/C35H39N7O/c1-40(34(43)23-42-19-17-28(18-20-42)38-29-13-12-25-5-3-4-6-27(25)21-29)30-14-15-32-31(22-30)39-33(41(32)2)16-9-24-7-10-26(11-8-24)35(36)37/h3-8,10-15,21-22,28,38H,9,16-20,23H2,1-2H3,(H3,36,37). The Bertz CT molecular complexity index is 1770. The van der Waals surface area contributed by atoms with E-state index in [0.29, 0.717) is 12.6 Å². The number of fused-ring (bicyclic) bond motifs is 2.